The number of pyridine rings is 1. The van der Waals surface area contributed by atoms with E-state index < -0.39 is 11.8 Å². The lowest BCUT2D eigenvalue weighted by Gasteiger charge is -2.20. The van der Waals surface area contributed by atoms with E-state index in [1.807, 2.05) is 6.92 Å². The van der Waals surface area contributed by atoms with Crippen LogP contribution >= 0.6 is 0 Å². The molecule has 7 nitrogen and oxygen atoms in total. The molecule has 31 heavy (non-hydrogen) atoms. The number of aromatic carboxylic acids is 1. The smallest absolute Gasteiger partial charge is 0.341 e. The Kier molecular flexibility index (Phi) is 5.57. The minimum Gasteiger partial charge on any atom is -0.477 e. The van der Waals surface area contributed by atoms with Crippen molar-refractivity contribution in [3.05, 3.63) is 77.8 Å². The molecule has 0 radical (unpaired) electrons. The van der Waals surface area contributed by atoms with Crippen LogP contribution in [-0.4, -0.2) is 30.4 Å². The number of aromatic nitrogens is 4. The number of nitrogens with zero attached hydrogens (tertiary/aromatic N) is 4. The van der Waals surface area contributed by atoms with E-state index in [4.69, 9.17) is 0 Å². The molecule has 1 aromatic carbocycles. The van der Waals surface area contributed by atoms with Crippen LogP contribution in [0, 0.1) is 11.6 Å². The Morgan fingerprint density at radius 3 is 2.55 bits per heavy atom. The molecular formula is C22H19F2N5O2. The monoisotopic (exact) mass is 423 g/mol. The quantitative estimate of drug-likeness (QED) is 0.447. The van der Waals surface area contributed by atoms with Gasteiger partial charge in [-0.25, -0.2) is 28.5 Å². The first-order chi connectivity index (χ1) is 15.0. The third kappa shape index (κ3) is 4.20. The van der Waals surface area contributed by atoms with Crippen LogP contribution in [0.3, 0.4) is 0 Å². The number of carboxylic acid groups (broad SMARTS) is 1. The van der Waals surface area contributed by atoms with E-state index in [1.165, 1.54) is 47.3 Å². The van der Waals surface area contributed by atoms with Gasteiger partial charge < -0.3 is 10.4 Å². The molecule has 158 valence electrons. The van der Waals surface area contributed by atoms with Gasteiger partial charge in [-0.3, -0.25) is 4.40 Å². The topological polar surface area (TPSA) is 92.4 Å². The van der Waals surface area contributed by atoms with Gasteiger partial charge in [0, 0.05) is 12.4 Å². The van der Waals surface area contributed by atoms with E-state index >= 15 is 0 Å². The molecule has 9 heteroatoms. The summed E-state index contributed by atoms with van der Waals surface area (Å²) in [5.74, 6) is -1.68. The second-order valence-corrected chi connectivity index (χ2v) is 7.02. The van der Waals surface area contributed by atoms with E-state index in [0.717, 1.165) is 12.0 Å². The second-order valence-electron chi connectivity index (χ2n) is 7.02. The number of anilines is 1. The van der Waals surface area contributed by atoms with Gasteiger partial charge in [0.1, 0.15) is 34.4 Å². The number of halogens is 2. The van der Waals surface area contributed by atoms with Crippen LogP contribution in [0.2, 0.25) is 0 Å². The zero-order valence-corrected chi connectivity index (χ0v) is 16.6. The van der Waals surface area contributed by atoms with Crippen molar-refractivity contribution in [3.63, 3.8) is 0 Å². The number of imidazole rings is 1. The molecule has 0 aliphatic carbocycles. The van der Waals surface area contributed by atoms with Crippen LogP contribution in [0.5, 0.6) is 0 Å². The van der Waals surface area contributed by atoms with Crippen LogP contribution in [0.15, 0.2) is 55.0 Å². The second kappa shape index (κ2) is 8.47. The lowest BCUT2D eigenvalue weighted by molar-refractivity contribution is 0.0697. The summed E-state index contributed by atoms with van der Waals surface area (Å²) in [5, 5.41) is 12.8. The molecule has 0 fully saturated rings. The lowest BCUT2D eigenvalue weighted by atomic mass is 10.0. The minimum absolute atomic E-state index is 0.105. The van der Waals surface area contributed by atoms with E-state index in [2.05, 4.69) is 20.3 Å². The Morgan fingerprint density at radius 2 is 1.84 bits per heavy atom. The maximum atomic E-state index is 13.7. The third-order valence-electron chi connectivity index (χ3n) is 4.88. The predicted octanol–water partition coefficient (Wildman–Crippen LogP) is 4.72. The Hall–Kier alpha value is -3.88. The molecule has 0 amide bonds. The van der Waals surface area contributed by atoms with Crippen molar-refractivity contribution in [2.75, 3.05) is 5.32 Å². The average molecular weight is 423 g/mol. The van der Waals surface area contributed by atoms with Crippen molar-refractivity contribution >= 4 is 17.4 Å². The van der Waals surface area contributed by atoms with Gasteiger partial charge in [-0.15, -0.1) is 0 Å². The van der Waals surface area contributed by atoms with Crippen molar-refractivity contribution in [1.82, 2.24) is 19.4 Å². The molecule has 3 heterocycles. The molecule has 1 atom stereocenters. The van der Waals surface area contributed by atoms with Gasteiger partial charge in [-0.2, -0.15) is 0 Å². The molecule has 3 aromatic heterocycles. The van der Waals surface area contributed by atoms with E-state index in [9.17, 15) is 18.7 Å². The SMILES string of the molecule is CCC[C@H](Nc1nc(-c2cnc3ccc(F)cn23)ncc1C(=O)O)c1ccc(F)cc1. The molecule has 4 aromatic rings. The van der Waals surface area contributed by atoms with Crippen LogP contribution in [0.25, 0.3) is 17.2 Å². The standard InChI is InChI=1S/C22H19F2N5O2/c1-2-3-17(13-4-6-14(23)7-5-13)27-20-16(22(30)31)10-26-21(28-20)18-11-25-19-9-8-15(24)12-29(18)19/h4-12,17H,2-3H2,1H3,(H,30,31)(H,26,27,28)/t17-/m0/s1. The summed E-state index contributed by atoms with van der Waals surface area (Å²) in [6.07, 6.45) is 5.45. The normalized spacial score (nSPS) is 12.1. The fourth-order valence-electron chi connectivity index (χ4n) is 3.36. The first-order valence-corrected chi connectivity index (χ1v) is 9.71. The lowest BCUT2D eigenvalue weighted by Crippen LogP contribution is -2.16. The van der Waals surface area contributed by atoms with Gasteiger partial charge in [0.05, 0.1) is 12.2 Å². The van der Waals surface area contributed by atoms with E-state index in [1.54, 1.807) is 12.1 Å². The molecule has 0 unspecified atom stereocenters. The highest BCUT2D eigenvalue weighted by Gasteiger charge is 2.20. The summed E-state index contributed by atoms with van der Waals surface area (Å²) in [6, 6.07) is 8.55. The van der Waals surface area contributed by atoms with Gasteiger partial charge >= 0.3 is 5.97 Å². The summed E-state index contributed by atoms with van der Waals surface area (Å²) in [6.45, 7) is 1.99. The van der Waals surface area contributed by atoms with Crippen molar-refractivity contribution in [2.24, 2.45) is 0 Å². The summed E-state index contributed by atoms with van der Waals surface area (Å²) in [4.78, 5) is 24.6. The predicted molar refractivity (Wildman–Crippen MR) is 111 cm³/mol. The minimum atomic E-state index is -1.19. The highest BCUT2D eigenvalue weighted by atomic mass is 19.1. The molecule has 4 rings (SSSR count). The summed E-state index contributed by atoms with van der Waals surface area (Å²) < 4.78 is 28.6. The number of carboxylic acids is 1. The maximum Gasteiger partial charge on any atom is 0.341 e. The van der Waals surface area contributed by atoms with Gasteiger partial charge in [0.2, 0.25) is 0 Å². The first kappa shape index (κ1) is 20.4. The largest absolute Gasteiger partial charge is 0.477 e. The Balaban J connectivity index is 1.77. The van der Waals surface area contributed by atoms with Crippen LogP contribution in [0.1, 0.15) is 41.7 Å². The Morgan fingerprint density at radius 1 is 1.10 bits per heavy atom. The van der Waals surface area contributed by atoms with Gasteiger partial charge in [-0.1, -0.05) is 25.5 Å². The fourth-order valence-corrected chi connectivity index (χ4v) is 3.36. The molecule has 0 saturated heterocycles. The zero-order chi connectivity index (χ0) is 22.0. The molecule has 0 bridgehead atoms. The van der Waals surface area contributed by atoms with Gasteiger partial charge in [0.15, 0.2) is 5.82 Å². The average Bonchev–Trinajstić information content (AvgIpc) is 3.17. The van der Waals surface area contributed by atoms with Crippen molar-refractivity contribution < 1.29 is 18.7 Å². The van der Waals surface area contributed by atoms with Crippen molar-refractivity contribution in [2.45, 2.75) is 25.8 Å². The van der Waals surface area contributed by atoms with E-state index in [-0.39, 0.29) is 29.1 Å². The number of nitrogens with one attached hydrogen (secondary N) is 1. The number of hydrogen-bond donors (Lipinski definition) is 2. The summed E-state index contributed by atoms with van der Waals surface area (Å²) >= 11 is 0. The molecule has 0 spiro atoms. The molecule has 0 saturated carbocycles. The summed E-state index contributed by atoms with van der Waals surface area (Å²) in [7, 11) is 0. The fraction of sp³-hybridized carbons (Fsp3) is 0.182. The van der Waals surface area contributed by atoms with Crippen molar-refractivity contribution in [1.29, 1.82) is 0 Å². The van der Waals surface area contributed by atoms with E-state index in [0.29, 0.717) is 17.8 Å². The first-order valence-electron chi connectivity index (χ1n) is 9.71. The highest BCUT2D eigenvalue weighted by Crippen LogP contribution is 2.27. The van der Waals surface area contributed by atoms with Gasteiger partial charge in [0.25, 0.3) is 0 Å². The van der Waals surface area contributed by atoms with Crippen molar-refractivity contribution in [3.8, 4) is 11.5 Å². The number of benzene rings is 1. The Labute approximate surface area is 176 Å². The molecule has 0 aliphatic heterocycles. The zero-order valence-electron chi connectivity index (χ0n) is 16.6. The number of carbonyl (C=O) groups is 1. The van der Waals surface area contributed by atoms with Crippen LogP contribution in [-0.2, 0) is 0 Å². The number of rotatable bonds is 7. The molecule has 2 N–H and O–H groups in total. The maximum absolute atomic E-state index is 13.7. The third-order valence-corrected chi connectivity index (χ3v) is 4.88. The van der Waals surface area contributed by atoms with Crippen LogP contribution in [0.4, 0.5) is 14.6 Å². The highest BCUT2D eigenvalue weighted by molar-refractivity contribution is 5.93. The molecular weight excluding hydrogens is 404 g/mol. The Bertz CT molecular complexity index is 1240. The van der Waals surface area contributed by atoms with Crippen LogP contribution < -0.4 is 5.32 Å². The summed E-state index contributed by atoms with van der Waals surface area (Å²) in [5.41, 5.74) is 1.62. The number of hydrogen-bond acceptors (Lipinski definition) is 5. The molecule has 0 aliphatic rings. The number of fused-ring (bicyclic) bond motifs is 1. The van der Waals surface area contributed by atoms with Gasteiger partial charge in [-0.05, 0) is 36.2 Å².